The minimum absolute atomic E-state index is 0.0579. The number of hydrogen-bond acceptors (Lipinski definition) is 6. The maximum Gasteiger partial charge on any atom is 0.238 e. The number of aromatic amines is 1. The van der Waals surface area contributed by atoms with Crippen LogP contribution in [0.3, 0.4) is 0 Å². The molecule has 0 saturated heterocycles. The number of para-hydroxylation sites is 1. The van der Waals surface area contributed by atoms with Crippen LogP contribution in [0.5, 0.6) is 0 Å². The van der Waals surface area contributed by atoms with Crippen LogP contribution in [0.4, 0.5) is 5.69 Å². The van der Waals surface area contributed by atoms with Crippen LogP contribution in [-0.2, 0) is 14.8 Å². The summed E-state index contributed by atoms with van der Waals surface area (Å²) in [6, 6.07) is 14.2. The molecule has 170 valence electrons. The molecule has 0 aliphatic heterocycles. The number of carbonyl (C=O) groups excluding carboxylic acids is 1. The van der Waals surface area contributed by atoms with Crippen LogP contribution in [0.1, 0.15) is 25.8 Å². The van der Waals surface area contributed by atoms with Crippen LogP contribution in [-0.4, -0.2) is 39.3 Å². The zero-order valence-corrected chi connectivity index (χ0v) is 19.4. The number of sulfonamides is 1. The number of anilines is 1. The van der Waals surface area contributed by atoms with Gasteiger partial charge in [-0.15, -0.1) is 10.2 Å². The Morgan fingerprint density at radius 1 is 1.21 bits per heavy atom. The largest absolute Gasteiger partial charge is 0.360 e. The number of thioether (sulfide) groups is 1. The summed E-state index contributed by atoms with van der Waals surface area (Å²) >= 11 is 1.32. The highest BCUT2D eigenvalue weighted by Crippen LogP contribution is 2.42. The molecular weight excluding hydrogens is 460 g/mol. The second-order valence-electron chi connectivity index (χ2n) is 7.98. The summed E-state index contributed by atoms with van der Waals surface area (Å²) in [5.74, 6) is 0.511. The number of H-pyrrole nitrogens is 1. The number of nitrogens with one attached hydrogen (secondary N) is 2. The lowest BCUT2D eigenvalue weighted by molar-refractivity contribution is -0.115. The molecule has 11 heteroatoms. The Hall–Kier alpha value is -3.15. The lowest BCUT2D eigenvalue weighted by Gasteiger charge is -2.13. The molecule has 5 rings (SSSR count). The number of amides is 1. The van der Waals surface area contributed by atoms with Crippen molar-refractivity contribution in [2.75, 3.05) is 5.32 Å². The van der Waals surface area contributed by atoms with E-state index in [0.717, 1.165) is 35.1 Å². The molecule has 1 saturated carbocycles. The molecule has 2 heterocycles. The van der Waals surface area contributed by atoms with Crippen LogP contribution in [0.15, 0.2) is 64.8 Å². The van der Waals surface area contributed by atoms with Crippen molar-refractivity contribution in [3.63, 3.8) is 0 Å². The van der Waals surface area contributed by atoms with Gasteiger partial charge in [0.1, 0.15) is 0 Å². The number of benzene rings is 2. The molecule has 0 spiro atoms. The van der Waals surface area contributed by atoms with E-state index in [0.29, 0.717) is 16.9 Å². The Bertz CT molecular complexity index is 1460. The fourth-order valence-electron chi connectivity index (χ4n) is 3.67. The Kier molecular flexibility index (Phi) is 5.47. The normalized spacial score (nSPS) is 15.0. The fourth-order valence-corrected chi connectivity index (χ4v) is 5.14. The molecule has 9 nitrogen and oxygen atoms in total. The molecule has 0 bridgehead atoms. The standard InChI is InChI=1S/C22H22N6O3S2/c1-13(21(29)25-14-5-4-6-16(11-14)33(23,30)31)32-22-27-26-20(28(22)15-9-10-15)18-12-24-19-8-3-2-7-17(18)19/h2-8,11-13,15,24H,9-10H2,1H3,(H,25,29)(H2,23,30,31). The third-order valence-corrected chi connectivity index (χ3v) is 7.46. The molecular formula is C22H22N6O3S2. The van der Waals surface area contributed by atoms with Crippen molar-refractivity contribution in [3.8, 4) is 11.4 Å². The van der Waals surface area contributed by atoms with E-state index >= 15 is 0 Å². The highest BCUT2D eigenvalue weighted by molar-refractivity contribution is 8.00. The smallest absolute Gasteiger partial charge is 0.238 e. The molecule has 1 fully saturated rings. The van der Waals surface area contributed by atoms with Gasteiger partial charge in [-0.25, -0.2) is 13.6 Å². The Labute approximate surface area is 194 Å². The van der Waals surface area contributed by atoms with Gasteiger partial charge in [0.25, 0.3) is 0 Å². The van der Waals surface area contributed by atoms with E-state index in [9.17, 15) is 13.2 Å². The van der Waals surface area contributed by atoms with Crippen molar-refractivity contribution in [1.82, 2.24) is 19.7 Å². The number of aromatic nitrogens is 4. The maximum absolute atomic E-state index is 12.8. The monoisotopic (exact) mass is 482 g/mol. The van der Waals surface area contributed by atoms with Gasteiger partial charge in [0.05, 0.1) is 10.1 Å². The highest BCUT2D eigenvalue weighted by atomic mass is 32.2. The van der Waals surface area contributed by atoms with Crippen LogP contribution < -0.4 is 10.5 Å². The summed E-state index contributed by atoms with van der Waals surface area (Å²) in [5.41, 5.74) is 2.37. The predicted octanol–water partition coefficient (Wildman–Crippen LogP) is 3.53. The number of nitrogens with two attached hydrogens (primary N) is 1. The van der Waals surface area contributed by atoms with Gasteiger partial charge in [0, 0.05) is 34.4 Å². The second kappa shape index (κ2) is 8.32. The van der Waals surface area contributed by atoms with Crippen LogP contribution in [0, 0.1) is 0 Å². The number of nitrogens with zero attached hydrogens (tertiary/aromatic N) is 3. The molecule has 1 amide bonds. The summed E-state index contributed by atoms with van der Waals surface area (Å²) in [6.45, 7) is 1.78. The Morgan fingerprint density at radius 3 is 2.76 bits per heavy atom. The van der Waals surface area contributed by atoms with E-state index in [-0.39, 0.29) is 10.8 Å². The minimum atomic E-state index is -3.85. The quantitative estimate of drug-likeness (QED) is 0.345. The van der Waals surface area contributed by atoms with Crippen LogP contribution >= 0.6 is 11.8 Å². The van der Waals surface area contributed by atoms with Gasteiger partial charge in [0.2, 0.25) is 15.9 Å². The van der Waals surface area contributed by atoms with Gasteiger partial charge in [-0.2, -0.15) is 0 Å². The number of carbonyl (C=O) groups is 1. The first-order valence-corrected chi connectivity index (χ1v) is 12.9. The zero-order chi connectivity index (χ0) is 23.2. The van der Waals surface area contributed by atoms with Gasteiger partial charge in [-0.1, -0.05) is 36.0 Å². The third kappa shape index (κ3) is 4.39. The first kappa shape index (κ1) is 21.7. The molecule has 4 N–H and O–H groups in total. The first-order chi connectivity index (χ1) is 15.8. The highest BCUT2D eigenvalue weighted by Gasteiger charge is 2.32. The summed E-state index contributed by atoms with van der Waals surface area (Å²) in [5, 5.41) is 18.1. The van der Waals surface area contributed by atoms with Crippen molar-refractivity contribution in [2.45, 2.75) is 41.1 Å². The summed E-state index contributed by atoms with van der Waals surface area (Å²) < 4.78 is 25.3. The average molecular weight is 483 g/mol. The molecule has 2 aromatic heterocycles. The average Bonchev–Trinajstić information content (AvgIpc) is 3.40. The molecule has 1 unspecified atom stereocenters. The predicted molar refractivity (Wildman–Crippen MR) is 127 cm³/mol. The second-order valence-corrected chi connectivity index (χ2v) is 10.8. The Balaban J connectivity index is 1.38. The molecule has 4 aromatic rings. The van der Waals surface area contributed by atoms with Crippen LogP contribution in [0.2, 0.25) is 0 Å². The van der Waals surface area contributed by atoms with Crippen molar-refractivity contribution in [1.29, 1.82) is 0 Å². The Morgan fingerprint density at radius 2 is 2.00 bits per heavy atom. The summed E-state index contributed by atoms with van der Waals surface area (Å²) in [4.78, 5) is 16.0. The van der Waals surface area contributed by atoms with Gasteiger partial charge in [0.15, 0.2) is 11.0 Å². The van der Waals surface area contributed by atoms with Gasteiger partial charge < -0.3 is 10.3 Å². The number of rotatable bonds is 7. The minimum Gasteiger partial charge on any atom is -0.360 e. The fraction of sp³-hybridized carbons (Fsp3) is 0.227. The molecule has 2 aromatic carbocycles. The topological polar surface area (TPSA) is 136 Å². The zero-order valence-electron chi connectivity index (χ0n) is 17.7. The van der Waals surface area contributed by atoms with E-state index in [1.54, 1.807) is 13.0 Å². The maximum atomic E-state index is 12.8. The number of fused-ring (bicyclic) bond motifs is 1. The van der Waals surface area contributed by atoms with Gasteiger partial charge in [-0.05, 0) is 44.0 Å². The summed E-state index contributed by atoms with van der Waals surface area (Å²) in [6.07, 6.45) is 4.03. The van der Waals surface area contributed by atoms with Crippen molar-refractivity contribution >= 4 is 44.3 Å². The van der Waals surface area contributed by atoms with E-state index in [2.05, 4.69) is 25.1 Å². The van der Waals surface area contributed by atoms with E-state index in [4.69, 9.17) is 5.14 Å². The van der Waals surface area contributed by atoms with Gasteiger partial charge >= 0.3 is 0 Å². The SMILES string of the molecule is CC(Sc1nnc(-c2c[nH]c3ccccc23)n1C1CC1)C(=O)Nc1cccc(S(N)(=O)=O)c1. The van der Waals surface area contributed by atoms with Crippen molar-refractivity contribution in [2.24, 2.45) is 5.14 Å². The molecule has 1 atom stereocenters. The lowest BCUT2D eigenvalue weighted by Crippen LogP contribution is -2.23. The van der Waals surface area contributed by atoms with Crippen molar-refractivity contribution < 1.29 is 13.2 Å². The number of hydrogen-bond donors (Lipinski definition) is 3. The lowest BCUT2D eigenvalue weighted by atomic mass is 10.1. The molecule has 33 heavy (non-hydrogen) atoms. The van der Waals surface area contributed by atoms with Crippen LogP contribution in [0.25, 0.3) is 22.3 Å². The number of primary sulfonamides is 1. The van der Waals surface area contributed by atoms with E-state index < -0.39 is 15.3 Å². The van der Waals surface area contributed by atoms with Crippen molar-refractivity contribution in [3.05, 3.63) is 54.7 Å². The molecule has 0 radical (unpaired) electrons. The van der Waals surface area contributed by atoms with E-state index in [1.807, 2.05) is 30.5 Å². The molecule has 1 aliphatic carbocycles. The third-order valence-electron chi connectivity index (χ3n) is 5.49. The summed E-state index contributed by atoms with van der Waals surface area (Å²) in [7, 11) is -3.85. The molecule has 1 aliphatic rings. The first-order valence-electron chi connectivity index (χ1n) is 10.4. The van der Waals surface area contributed by atoms with Gasteiger partial charge in [-0.3, -0.25) is 9.36 Å². The van der Waals surface area contributed by atoms with E-state index in [1.165, 1.54) is 30.0 Å².